The summed E-state index contributed by atoms with van der Waals surface area (Å²) in [6, 6.07) is 8.05. The number of ketones is 1. The Morgan fingerprint density at radius 1 is 1.18 bits per heavy atom. The van der Waals surface area contributed by atoms with Gasteiger partial charge in [0.1, 0.15) is 0 Å². The number of nitrogens with zero attached hydrogens (tertiary/aromatic N) is 1. The summed E-state index contributed by atoms with van der Waals surface area (Å²) in [6.07, 6.45) is 5.85. The van der Waals surface area contributed by atoms with E-state index < -0.39 is 0 Å². The molecule has 0 N–H and O–H groups in total. The second kappa shape index (κ2) is 7.99. The number of hydrogen-bond donors (Lipinski definition) is 0. The Kier molecular flexibility index (Phi) is 6.01. The first kappa shape index (κ1) is 16.6. The van der Waals surface area contributed by atoms with Crippen LogP contribution in [0.1, 0.15) is 19.8 Å². The third kappa shape index (κ3) is 3.89. The van der Waals surface area contributed by atoms with E-state index in [1.165, 1.54) is 13.0 Å². The zero-order chi connectivity index (χ0) is 15.9. The van der Waals surface area contributed by atoms with E-state index in [0.29, 0.717) is 17.7 Å². The molecule has 2 atom stereocenters. The quantitative estimate of drug-likeness (QED) is 0.860. The molecule has 1 aromatic rings. The average molecular weight is 303 g/mol. The maximum atomic E-state index is 11.2. The highest BCUT2D eigenvalue weighted by molar-refractivity contribution is 5.91. The number of carbonyl (C=O) groups is 1. The summed E-state index contributed by atoms with van der Waals surface area (Å²) in [4.78, 5) is 13.6. The monoisotopic (exact) mass is 303 g/mol. The van der Waals surface area contributed by atoms with Crippen molar-refractivity contribution in [1.29, 1.82) is 0 Å². The van der Waals surface area contributed by atoms with Gasteiger partial charge >= 0.3 is 0 Å². The highest BCUT2D eigenvalue weighted by Gasteiger charge is 2.34. The van der Waals surface area contributed by atoms with Crippen molar-refractivity contribution in [3.63, 3.8) is 0 Å². The van der Waals surface area contributed by atoms with E-state index in [-0.39, 0.29) is 0 Å². The van der Waals surface area contributed by atoms with Gasteiger partial charge in [-0.05, 0) is 43.6 Å². The molecule has 3 rings (SSSR count). The van der Waals surface area contributed by atoms with Crippen molar-refractivity contribution in [1.82, 2.24) is 4.90 Å². The summed E-state index contributed by atoms with van der Waals surface area (Å²) in [5.41, 5.74) is 0. The van der Waals surface area contributed by atoms with E-state index in [1.54, 1.807) is 20.3 Å². The SMILES string of the molecule is CCN1CCC2C=CC(=O)CC21.COc1ccccc1OC. The van der Waals surface area contributed by atoms with Gasteiger partial charge in [0.15, 0.2) is 17.3 Å². The lowest BCUT2D eigenvalue weighted by Crippen LogP contribution is -2.35. The Morgan fingerprint density at radius 2 is 1.82 bits per heavy atom. The predicted molar refractivity (Wildman–Crippen MR) is 87.5 cm³/mol. The first-order valence-corrected chi connectivity index (χ1v) is 7.81. The van der Waals surface area contributed by atoms with E-state index in [9.17, 15) is 4.79 Å². The highest BCUT2D eigenvalue weighted by Crippen LogP contribution is 2.30. The van der Waals surface area contributed by atoms with Crippen LogP contribution in [0, 0.1) is 5.92 Å². The maximum Gasteiger partial charge on any atom is 0.160 e. The fourth-order valence-corrected chi connectivity index (χ4v) is 3.13. The van der Waals surface area contributed by atoms with E-state index in [4.69, 9.17) is 9.47 Å². The number of likely N-dealkylation sites (tertiary alicyclic amines) is 1. The molecule has 4 heteroatoms. The maximum absolute atomic E-state index is 11.2. The normalized spacial score (nSPS) is 23.5. The van der Waals surface area contributed by atoms with E-state index in [1.807, 2.05) is 24.3 Å². The molecule has 120 valence electrons. The minimum absolute atomic E-state index is 0.302. The van der Waals surface area contributed by atoms with Crippen LogP contribution in [-0.2, 0) is 4.79 Å². The predicted octanol–water partition coefficient (Wildman–Crippen LogP) is 2.93. The smallest absolute Gasteiger partial charge is 0.160 e. The van der Waals surface area contributed by atoms with Crippen LogP contribution >= 0.6 is 0 Å². The molecule has 1 aromatic carbocycles. The van der Waals surface area contributed by atoms with Gasteiger partial charge in [-0.2, -0.15) is 0 Å². The van der Waals surface area contributed by atoms with Crippen LogP contribution in [0.2, 0.25) is 0 Å². The molecule has 2 aliphatic rings. The fourth-order valence-electron chi connectivity index (χ4n) is 3.13. The van der Waals surface area contributed by atoms with Gasteiger partial charge in [-0.1, -0.05) is 25.1 Å². The Hall–Kier alpha value is -1.81. The summed E-state index contributed by atoms with van der Waals surface area (Å²) < 4.78 is 10.0. The van der Waals surface area contributed by atoms with Gasteiger partial charge in [-0.15, -0.1) is 0 Å². The van der Waals surface area contributed by atoms with Crippen LogP contribution in [0.5, 0.6) is 11.5 Å². The molecule has 1 fully saturated rings. The van der Waals surface area contributed by atoms with Crippen LogP contribution in [0.4, 0.5) is 0 Å². The van der Waals surface area contributed by atoms with E-state index >= 15 is 0 Å². The molecule has 0 aromatic heterocycles. The highest BCUT2D eigenvalue weighted by atomic mass is 16.5. The Labute approximate surface area is 132 Å². The summed E-state index contributed by atoms with van der Waals surface area (Å²) in [7, 11) is 3.25. The molecule has 0 spiro atoms. The minimum atomic E-state index is 0.302. The Morgan fingerprint density at radius 3 is 2.36 bits per heavy atom. The molecule has 1 heterocycles. The van der Waals surface area contributed by atoms with Gasteiger partial charge in [0.05, 0.1) is 14.2 Å². The van der Waals surface area contributed by atoms with Gasteiger partial charge < -0.3 is 9.47 Å². The number of methoxy groups -OCH3 is 2. The van der Waals surface area contributed by atoms with Gasteiger partial charge in [0, 0.05) is 12.5 Å². The number of para-hydroxylation sites is 2. The Bertz CT molecular complexity index is 504. The van der Waals surface area contributed by atoms with Crippen LogP contribution in [-0.4, -0.2) is 44.0 Å². The lowest BCUT2D eigenvalue weighted by Gasteiger charge is -2.26. The molecule has 1 saturated heterocycles. The van der Waals surface area contributed by atoms with Crippen LogP contribution in [0.15, 0.2) is 36.4 Å². The third-order valence-electron chi connectivity index (χ3n) is 4.35. The van der Waals surface area contributed by atoms with E-state index in [0.717, 1.165) is 24.5 Å². The van der Waals surface area contributed by atoms with Crippen molar-refractivity contribution in [2.75, 3.05) is 27.3 Å². The van der Waals surface area contributed by atoms with Crippen molar-refractivity contribution in [2.24, 2.45) is 5.92 Å². The number of carbonyl (C=O) groups excluding carboxylic acids is 1. The summed E-state index contributed by atoms with van der Waals surface area (Å²) >= 11 is 0. The molecular weight excluding hydrogens is 278 g/mol. The van der Waals surface area contributed by atoms with Crippen molar-refractivity contribution in [2.45, 2.75) is 25.8 Å². The number of fused-ring (bicyclic) bond motifs is 1. The molecule has 0 amide bonds. The molecule has 0 bridgehead atoms. The Balaban J connectivity index is 0.000000164. The number of ether oxygens (including phenoxy) is 2. The van der Waals surface area contributed by atoms with Crippen molar-refractivity contribution in [3.05, 3.63) is 36.4 Å². The molecule has 22 heavy (non-hydrogen) atoms. The van der Waals surface area contributed by atoms with Crippen molar-refractivity contribution in [3.8, 4) is 11.5 Å². The minimum Gasteiger partial charge on any atom is -0.493 e. The zero-order valence-electron chi connectivity index (χ0n) is 13.6. The molecule has 2 unspecified atom stereocenters. The standard InChI is InChI=1S/C10H15NO.C8H10O2/c1-2-11-6-5-8-3-4-9(12)7-10(8)11;1-9-7-5-3-4-6-8(7)10-2/h3-4,8,10H,2,5-7H2,1H3;3-6H,1-2H3. The van der Waals surface area contributed by atoms with Crippen LogP contribution < -0.4 is 9.47 Å². The van der Waals surface area contributed by atoms with Gasteiger partial charge in [-0.25, -0.2) is 0 Å². The number of allylic oxidation sites excluding steroid dienone is 1. The molecule has 0 radical (unpaired) electrons. The van der Waals surface area contributed by atoms with Crippen molar-refractivity contribution >= 4 is 5.78 Å². The fraction of sp³-hybridized carbons (Fsp3) is 0.500. The largest absolute Gasteiger partial charge is 0.493 e. The van der Waals surface area contributed by atoms with Crippen molar-refractivity contribution < 1.29 is 14.3 Å². The van der Waals surface area contributed by atoms with Gasteiger partial charge in [-0.3, -0.25) is 9.69 Å². The second-order valence-corrected chi connectivity index (χ2v) is 5.53. The lowest BCUT2D eigenvalue weighted by molar-refractivity contribution is -0.116. The molecular formula is C18H25NO3. The second-order valence-electron chi connectivity index (χ2n) is 5.53. The number of benzene rings is 1. The summed E-state index contributed by atoms with van der Waals surface area (Å²) in [6.45, 7) is 4.43. The zero-order valence-corrected chi connectivity index (χ0v) is 13.6. The topological polar surface area (TPSA) is 38.8 Å². The summed E-state index contributed by atoms with van der Waals surface area (Å²) in [5.74, 6) is 2.49. The first-order chi connectivity index (χ1) is 10.7. The molecule has 4 nitrogen and oxygen atoms in total. The lowest BCUT2D eigenvalue weighted by atomic mass is 9.90. The summed E-state index contributed by atoms with van der Waals surface area (Å²) in [5, 5.41) is 0. The molecule has 1 aliphatic heterocycles. The number of hydrogen-bond acceptors (Lipinski definition) is 4. The van der Waals surface area contributed by atoms with Gasteiger partial charge in [0.25, 0.3) is 0 Å². The third-order valence-corrected chi connectivity index (χ3v) is 4.35. The molecule has 0 saturated carbocycles. The van der Waals surface area contributed by atoms with Crippen LogP contribution in [0.25, 0.3) is 0 Å². The van der Waals surface area contributed by atoms with Gasteiger partial charge in [0.2, 0.25) is 0 Å². The molecule has 1 aliphatic carbocycles. The first-order valence-electron chi connectivity index (χ1n) is 7.81. The number of rotatable bonds is 3. The van der Waals surface area contributed by atoms with E-state index in [2.05, 4.69) is 17.9 Å². The average Bonchev–Trinajstić information content (AvgIpc) is 2.97. The van der Waals surface area contributed by atoms with Crippen LogP contribution in [0.3, 0.4) is 0 Å².